The van der Waals surface area contributed by atoms with Gasteiger partial charge in [0, 0.05) is 23.8 Å². The van der Waals surface area contributed by atoms with Crippen LogP contribution in [-0.4, -0.2) is 12.0 Å². The highest BCUT2D eigenvalue weighted by atomic mass is 35.5. The van der Waals surface area contributed by atoms with Gasteiger partial charge in [0.05, 0.1) is 0 Å². The number of ether oxygens (including phenoxy) is 1. The molecular weight excluding hydrogens is 287 g/mol. The third-order valence-electron chi connectivity index (χ3n) is 4.05. The highest BCUT2D eigenvalue weighted by molar-refractivity contribution is 6.18. The summed E-state index contributed by atoms with van der Waals surface area (Å²) in [4.78, 5) is 0. The maximum absolute atomic E-state index is 13.2. The highest BCUT2D eigenvalue weighted by Gasteiger charge is 2.26. The van der Waals surface area contributed by atoms with Gasteiger partial charge in [-0.15, -0.1) is 11.6 Å². The lowest BCUT2D eigenvalue weighted by atomic mass is 9.92. The predicted molar refractivity (Wildman–Crippen MR) is 83.8 cm³/mol. The van der Waals surface area contributed by atoms with Gasteiger partial charge in [-0.1, -0.05) is 29.8 Å². The van der Waals surface area contributed by atoms with Crippen molar-refractivity contribution in [1.29, 1.82) is 0 Å². The summed E-state index contributed by atoms with van der Waals surface area (Å²) in [6.45, 7) is 2.07. The van der Waals surface area contributed by atoms with Crippen LogP contribution in [-0.2, 0) is 6.42 Å². The minimum atomic E-state index is -0.203. The van der Waals surface area contributed by atoms with Crippen LogP contribution in [0.4, 0.5) is 4.39 Å². The molecule has 2 aromatic carbocycles. The summed E-state index contributed by atoms with van der Waals surface area (Å²) >= 11 is 6.14. The number of rotatable bonds is 4. The van der Waals surface area contributed by atoms with Crippen molar-refractivity contribution in [3.05, 3.63) is 65.0 Å². The van der Waals surface area contributed by atoms with Crippen molar-refractivity contribution in [3.63, 3.8) is 0 Å². The highest BCUT2D eigenvalue weighted by Crippen LogP contribution is 2.34. The third-order valence-corrected chi connectivity index (χ3v) is 4.42. The summed E-state index contributed by atoms with van der Waals surface area (Å²) in [6, 6.07) is 13.2. The second-order valence-electron chi connectivity index (χ2n) is 5.69. The number of hydrogen-bond donors (Lipinski definition) is 0. The van der Waals surface area contributed by atoms with Gasteiger partial charge in [0.15, 0.2) is 0 Å². The van der Waals surface area contributed by atoms with Crippen LogP contribution >= 0.6 is 11.6 Å². The van der Waals surface area contributed by atoms with Crippen LogP contribution in [0.15, 0.2) is 42.5 Å². The van der Waals surface area contributed by atoms with Gasteiger partial charge < -0.3 is 4.74 Å². The molecule has 0 saturated heterocycles. The zero-order chi connectivity index (χ0) is 14.8. The molecule has 21 heavy (non-hydrogen) atoms. The van der Waals surface area contributed by atoms with Crippen LogP contribution in [0.25, 0.3) is 0 Å². The number of benzene rings is 2. The minimum Gasteiger partial charge on any atom is -0.490 e. The molecule has 2 unspecified atom stereocenters. The van der Waals surface area contributed by atoms with Crippen molar-refractivity contribution >= 4 is 11.6 Å². The molecule has 110 valence electrons. The average molecular weight is 305 g/mol. The molecule has 0 radical (unpaired) electrons. The summed E-state index contributed by atoms with van der Waals surface area (Å²) in [6.07, 6.45) is 1.68. The fourth-order valence-corrected chi connectivity index (χ4v) is 3.17. The molecule has 2 aromatic rings. The molecule has 0 N–H and O–H groups in total. The Morgan fingerprint density at radius 3 is 2.71 bits per heavy atom. The van der Waals surface area contributed by atoms with Crippen molar-refractivity contribution in [3.8, 4) is 5.75 Å². The number of alkyl halides is 1. The Morgan fingerprint density at radius 2 is 2.00 bits per heavy atom. The Balaban J connectivity index is 1.70. The molecule has 0 bridgehead atoms. The molecular formula is C18H18ClFO. The molecule has 0 aromatic heterocycles. The zero-order valence-electron chi connectivity index (χ0n) is 12.0. The van der Waals surface area contributed by atoms with E-state index in [2.05, 4.69) is 31.2 Å². The van der Waals surface area contributed by atoms with Crippen LogP contribution in [0, 0.1) is 12.7 Å². The Labute approximate surface area is 129 Å². The van der Waals surface area contributed by atoms with Gasteiger partial charge in [0.2, 0.25) is 0 Å². The molecule has 2 atom stereocenters. The summed E-state index contributed by atoms with van der Waals surface area (Å²) in [5.41, 5.74) is 3.44. The molecule has 0 amide bonds. The number of hydrogen-bond acceptors (Lipinski definition) is 1. The van der Waals surface area contributed by atoms with E-state index in [-0.39, 0.29) is 17.8 Å². The lowest BCUT2D eigenvalue weighted by Crippen LogP contribution is -2.18. The van der Waals surface area contributed by atoms with E-state index in [4.69, 9.17) is 16.3 Å². The van der Waals surface area contributed by atoms with Crippen LogP contribution in [0.5, 0.6) is 5.75 Å². The number of aryl methyl sites for hydroxylation is 1. The van der Waals surface area contributed by atoms with Crippen LogP contribution in [0.1, 0.15) is 29.0 Å². The van der Waals surface area contributed by atoms with Gasteiger partial charge in [-0.3, -0.25) is 0 Å². The van der Waals surface area contributed by atoms with Crippen LogP contribution < -0.4 is 4.74 Å². The van der Waals surface area contributed by atoms with E-state index in [9.17, 15) is 4.39 Å². The van der Waals surface area contributed by atoms with E-state index >= 15 is 0 Å². The summed E-state index contributed by atoms with van der Waals surface area (Å²) < 4.78 is 19.2. The van der Waals surface area contributed by atoms with Gasteiger partial charge in [-0.2, -0.15) is 0 Å². The second kappa shape index (κ2) is 6.07. The molecule has 1 aliphatic rings. The predicted octanol–water partition coefficient (Wildman–Crippen LogP) is 4.85. The number of halogens is 2. The molecule has 0 fully saturated rings. The first-order valence-corrected chi connectivity index (χ1v) is 7.77. The van der Waals surface area contributed by atoms with Crippen LogP contribution in [0.2, 0.25) is 0 Å². The van der Waals surface area contributed by atoms with Crippen molar-refractivity contribution < 1.29 is 9.13 Å². The normalized spacial score (nSPS) is 18.1. The molecule has 0 spiro atoms. The molecule has 1 heterocycles. The van der Waals surface area contributed by atoms with Gasteiger partial charge in [0.1, 0.15) is 17.7 Å². The molecule has 3 heteroatoms. The smallest absolute Gasteiger partial charge is 0.123 e. The molecule has 3 rings (SSSR count). The van der Waals surface area contributed by atoms with Gasteiger partial charge >= 0.3 is 0 Å². The Morgan fingerprint density at radius 1 is 1.24 bits per heavy atom. The largest absolute Gasteiger partial charge is 0.490 e. The lowest BCUT2D eigenvalue weighted by molar-refractivity contribution is 0.213. The second-order valence-corrected chi connectivity index (χ2v) is 6.00. The topological polar surface area (TPSA) is 9.23 Å². The first kappa shape index (κ1) is 14.4. The minimum absolute atomic E-state index is 0.0758. The summed E-state index contributed by atoms with van der Waals surface area (Å²) in [7, 11) is 0. The summed E-state index contributed by atoms with van der Waals surface area (Å²) in [5, 5.41) is 0. The Kier molecular flexibility index (Phi) is 4.16. The molecule has 0 aliphatic carbocycles. The van der Waals surface area contributed by atoms with E-state index in [0.29, 0.717) is 5.88 Å². The van der Waals surface area contributed by atoms with E-state index < -0.39 is 0 Å². The van der Waals surface area contributed by atoms with Crippen molar-refractivity contribution in [2.75, 3.05) is 5.88 Å². The molecule has 1 nitrogen and oxygen atoms in total. The Hall–Kier alpha value is -1.54. The van der Waals surface area contributed by atoms with Gasteiger partial charge in [0.25, 0.3) is 0 Å². The fourth-order valence-electron chi connectivity index (χ4n) is 2.86. The maximum atomic E-state index is 13.2. The van der Waals surface area contributed by atoms with E-state index in [1.807, 2.05) is 0 Å². The van der Waals surface area contributed by atoms with E-state index in [1.54, 1.807) is 12.1 Å². The van der Waals surface area contributed by atoms with Crippen molar-refractivity contribution in [2.24, 2.45) is 0 Å². The fraction of sp³-hybridized carbons (Fsp3) is 0.333. The van der Waals surface area contributed by atoms with Crippen molar-refractivity contribution in [1.82, 2.24) is 0 Å². The van der Waals surface area contributed by atoms with Gasteiger partial charge in [-0.05, 0) is 37.1 Å². The maximum Gasteiger partial charge on any atom is 0.123 e. The lowest BCUT2D eigenvalue weighted by Gasteiger charge is -2.19. The first-order valence-electron chi connectivity index (χ1n) is 7.23. The quantitative estimate of drug-likeness (QED) is 0.734. The van der Waals surface area contributed by atoms with Crippen LogP contribution in [0.3, 0.4) is 0 Å². The number of fused-ring (bicyclic) bond motifs is 1. The Bertz CT molecular complexity index is 624. The first-order chi connectivity index (χ1) is 10.2. The standard InChI is InChI=1S/C18H18ClFO/c1-12-2-4-13(5-3-12)15(11-19)10-17-9-14-8-16(20)6-7-18(14)21-17/h2-8,15,17H,9-11H2,1H3. The zero-order valence-corrected chi connectivity index (χ0v) is 12.7. The van der Waals surface area contributed by atoms with E-state index in [1.165, 1.54) is 17.2 Å². The summed E-state index contributed by atoms with van der Waals surface area (Å²) in [5.74, 6) is 1.42. The third kappa shape index (κ3) is 3.21. The SMILES string of the molecule is Cc1ccc(C(CCl)CC2Cc3cc(F)ccc3O2)cc1. The van der Waals surface area contributed by atoms with Gasteiger partial charge in [-0.25, -0.2) is 4.39 Å². The monoisotopic (exact) mass is 304 g/mol. The average Bonchev–Trinajstić information content (AvgIpc) is 2.87. The molecule has 0 saturated carbocycles. The van der Waals surface area contributed by atoms with E-state index in [0.717, 1.165) is 24.2 Å². The van der Waals surface area contributed by atoms with Crippen molar-refractivity contribution in [2.45, 2.75) is 31.8 Å². The molecule has 1 aliphatic heterocycles.